The summed E-state index contributed by atoms with van der Waals surface area (Å²) in [5.74, 6) is 1.38. The quantitative estimate of drug-likeness (QED) is 0.627. The van der Waals surface area contributed by atoms with E-state index in [0.717, 1.165) is 5.75 Å². The second kappa shape index (κ2) is 7.73. The van der Waals surface area contributed by atoms with E-state index < -0.39 is 11.5 Å². The lowest BCUT2D eigenvalue weighted by Crippen LogP contribution is -2.29. The van der Waals surface area contributed by atoms with Crippen LogP contribution >= 0.6 is 0 Å². The van der Waals surface area contributed by atoms with Crippen molar-refractivity contribution in [1.82, 2.24) is 15.3 Å². The van der Waals surface area contributed by atoms with Crippen molar-refractivity contribution in [1.29, 1.82) is 0 Å². The second-order valence-electron chi connectivity index (χ2n) is 5.45. The number of H-pyrrole nitrogens is 1. The number of benzene rings is 1. The van der Waals surface area contributed by atoms with Gasteiger partial charge in [0.15, 0.2) is 0 Å². The van der Waals surface area contributed by atoms with E-state index in [4.69, 9.17) is 13.9 Å². The SMILES string of the molecule is CCOc1ccc(OCCNC(=O)c2c(C)oc3nc[nH]c(=O)c23)cc1. The van der Waals surface area contributed by atoms with Gasteiger partial charge in [0.2, 0.25) is 5.71 Å². The average Bonchev–Trinajstić information content (AvgIpc) is 2.97. The molecule has 0 aliphatic heterocycles. The van der Waals surface area contributed by atoms with Crippen molar-refractivity contribution in [2.24, 2.45) is 0 Å². The molecular formula is C18H19N3O5. The molecule has 2 aromatic heterocycles. The van der Waals surface area contributed by atoms with Crippen LogP contribution in [0.3, 0.4) is 0 Å². The van der Waals surface area contributed by atoms with Gasteiger partial charge in [0.25, 0.3) is 11.5 Å². The standard InChI is InChI=1S/C18H19N3O5/c1-3-24-12-4-6-13(7-5-12)25-9-8-19-16(22)14-11(2)26-18-15(14)17(23)20-10-21-18/h4-7,10H,3,8-9H2,1-2H3,(H,19,22)(H,20,21,23). The van der Waals surface area contributed by atoms with E-state index in [1.807, 2.05) is 19.1 Å². The maximum Gasteiger partial charge on any atom is 0.262 e. The number of nitrogens with zero attached hydrogens (tertiary/aromatic N) is 1. The number of nitrogens with one attached hydrogen (secondary N) is 2. The van der Waals surface area contributed by atoms with Gasteiger partial charge in [0.1, 0.15) is 29.3 Å². The van der Waals surface area contributed by atoms with Gasteiger partial charge in [0, 0.05) is 0 Å². The third kappa shape index (κ3) is 3.69. The highest BCUT2D eigenvalue weighted by atomic mass is 16.5. The predicted octanol–water partition coefficient (Wildman–Crippen LogP) is 2.03. The fourth-order valence-corrected chi connectivity index (χ4v) is 2.55. The Morgan fingerprint density at radius 1 is 1.23 bits per heavy atom. The number of ether oxygens (including phenoxy) is 2. The number of hydrogen-bond acceptors (Lipinski definition) is 6. The van der Waals surface area contributed by atoms with Crippen LogP contribution in [0, 0.1) is 6.92 Å². The Kier molecular flexibility index (Phi) is 5.21. The highest BCUT2D eigenvalue weighted by Crippen LogP contribution is 2.20. The van der Waals surface area contributed by atoms with Crippen molar-refractivity contribution in [2.45, 2.75) is 13.8 Å². The normalized spacial score (nSPS) is 10.7. The molecule has 0 saturated heterocycles. The summed E-state index contributed by atoms with van der Waals surface area (Å²) < 4.78 is 16.3. The van der Waals surface area contributed by atoms with Crippen molar-refractivity contribution in [3.05, 3.63) is 52.3 Å². The maximum atomic E-state index is 12.4. The van der Waals surface area contributed by atoms with E-state index in [1.165, 1.54) is 6.33 Å². The van der Waals surface area contributed by atoms with Crippen molar-refractivity contribution in [3.8, 4) is 11.5 Å². The second-order valence-corrected chi connectivity index (χ2v) is 5.45. The van der Waals surface area contributed by atoms with Gasteiger partial charge in [-0.25, -0.2) is 4.98 Å². The molecule has 0 unspecified atom stereocenters. The van der Waals surface area contributed by atoms with Crippen LogP contribution in [0.2, 0.25) is 0 Å². The Hall–Kier alpha value is -3.29. The number of hydrogen-bond donors (Lipinski definition) is 2. The number of rotatable bonds is 7. The zero-order valence-electron chi connectivity index (χ0n) is 14.5. The highest BCUT2D eigenvalue weighted by molar-refractivity contribution is 6.06. The van der Waals surface area contributed by atoms with Crippen LogP contribution in [0.4, 0.5) is 0 Å². The fourth-order valence-electron chi connectivity index (χ4n) is 2.55. The first kappa shape index (κ1) is 17.5. The van der Waals surface area contributed by atoms with Crippen LogP contribution in [-0.2, 0) is 0 Å². The summed E-state index contributed by atoms with van der Waals surface area (Å²) in [5.41, 5.74) is -0.0832. The van der Waals surface area contributed by atoms with Gasteiger partial charge in [-0.05, 0) is 38.1 Å². The lowest BCUT2D eigenvalue weighted by atomic mass is 10.2. The molecule has 8 nitrogen and oxygen atoms in total. The van der Waals surface area contributed by atoms with Gasteiger partial charge in [0.05, 0.1) is 25.0 Å². The number of furan rings is 1. The molecule has 8 heteroatoms. The summed E-state index contributed by atoms with van der Waals surface area (Å²) in [6.07, 6.45) is 1.24. The number of aromatic amines is 1. The van der Waals surface area contributed by atoms with Crippen LogP contribution in [0.1, 0.15) is 23.0 Å². The summed E-state index contributed by atoms with van der Waals surface area (Å²) in [6, 6.07) is 7.23. The molecule has 3 rings (SSSR count). The maximum absolute atomic E-state index is 12.4. The molecule has 0 saturated carbocycles. The van der Waals surface area contributed by atoms with E-state index in [9.17, 15) is 9.59 Å². The van der Waals surface area contributed by atoms with Gasteiger partial charge < -0.3 is 24.2 Å². The molecule has 1 aromatic carbocycles. The summed E-state index contributed by atoms with van der Waals surface area (Å²) in [7, 11) is 0. The summed E-state index contributed by atoms with van der Waals surface area (Å²) in [5, 5.41) is 2.87. The third-order valence-corrected chi connectivity index (χ3v) is 3.69. The van der Waals surface area contributed by atoms with E-state index in [1.54, 1.807) is 19.1 Å². The summed E-state index contributed by atoms with van der Waals surface area (Å²) >= 11 is 0. The molecule has 1 amide bonds. The minimum absolute atomic E-state index is 0.141. The lowest BCUT2D eigenvalue weighted by Gasteiger charge is -2.08. The number of fused-ring (bicyclic) bond motifs is 1. The minimum atomic E-state index is -0.414. The number of carbonyl (C=O) groups is 1. The molecule has 2 heterocycles. The molecule has 0 fully saturated rings. The number of aryl methyl sites for hydroxylation is 1. The van der Waals surface area contributed by atoms with Gasteiger partial charge in [-0.1, -0.05) is 0 Å². The highest BCUT2D eigenvalue weighted by Gasteiger charge is 2.21. The molecule has 0 radical (unpaired) electrons. The van der Waals surface area contributed by atoms with E-state index >= 15 is 0 Å². The Morgan fingerprint density at radius 2 is 1.92 bits per heavy atom. The van der Waals surface area contributed by atoms with Gasteiger partial charge in [-0.15, -0.1) is 0 Å². The van der Waals surface area contributed by atoms with Crippen molar-refractivity contribution >= 4 is 17.0 Å². The van der Waals surface area contributed by atoms with Crippen LogP contribution in [-0.4, -0.2) is 35.6 Å². The van der Waals surface area contributed by atoms with Gasteiger partial charge >= 0.3 is 0 Å². The smallest absolute Gasteiger partial charge is 0.262 e. The van der Waals surface area contributed by atoms with Crippen LogP contribution in [0.15, 0.2) is 39.8 Å². The molecule has 0 atom stereocenters. The lowest BCUT2D eigenvalue weighted by molar-refractivity contribution is 0.0947. The van der Waals surface area contributed by atoms with E-state index in [0.29, 0.717) is 18.1 Å². The first-order chi connectivity index (χ1) is 12.6. The number of aromatic nitrogens is 2. The molecule has 0 aliphatic rings. The Balaban J connectivity index is 1.58. The van der Waals surface area contributed by atoms with Gasteiger partial charge in [-0.2, -0.15) is 0 Å². The first-order valence-corrected chi connectivity index (χ1v) is 8.20. The number of carbonyl (C=O) groups excluding carboxylic acids is 1. The van der Waals surface area contributed by atoms with Crippen molar-refractivity contribution in [3.63, 3.8) is 0 Å². The van der Waals surface area contributed by atoms with Gasteiger partial charge in [-0.3, -0.25) is 9.59 Å². The molecule has 0 bridgehead atoms. The average molecular weight is 357 g/mol. The van der Waals surface area contributed by atoms with E-state index in [2.05, 4.69) is 15.3 Å². The predicted molar refractivity (Wildman–Crippen MR) is 94.8 cm³/mol. The zero-order valence-corrected chi connectivity index (χ0v) is 14.5. The molecule has 2 N–H and O–H groups in total. The molecule has 26 heavy (non-hydrogen) atoms. The van der Waals surface area contributed by atoms with Crippen LogP contribution in [0.5, 0.6) is 11.5 Å². The monoisotopic (exact) mass is 357 g/mol. The largest absolute Gasteiger partial charge is 0.494 e. The van der Waals surface area contributed by atoms with Crippen molar-refractivity contribution in [2.75, 3.05) is 19.8 Å². The Labute approximate surface area is 149 Å². The molecular weight excluding hydrogens is 338 g/mol. The molecule has 0 spiro atoms. The molecule has 3 aromatic rings. The van der Waals surface area contributed by atoms with E-state index in [-0.39, 0.29) is 29.8 Å². The fraction of sp³-hybridized carbons (Fsp3) is 0.278. The van der Waals surface area contributed by atoms with Crippen LogP contribution < -0.4 is 20.3 Å². The molecule has 136 valence electrons. The summed E-state index contributed by atoms with van der Waals surface area (Å²) in [6.45, 7) is 4.70. The Morgan fingerprint density at radius 3 is 2.62 bits per heavy atom. The molecule has 0 aliphatic carbocycles. The topological polar surface area (TPSA) is 106 Å². The summed E-state index contributed by atoms with van der Waals surface area (Å²) in [4.78, 5) is 30.7. The minimum Gasteiger partial charge on any atom is -0.494 e. The van der Waals surface area contributed by atoms with Crippen LogP contribution in [0.25, 0.3) is 11.1 Å². The van der Waals surface area contributed by atoms with Crippen molar-refractivity contribution < 1.29 is 18.7 Å². The third-order valence-electron chi connectivity index (χ3n) is 3.69. The number of amides is 1. The first-order valence-electron chi connectivity index (χ1n) is 8.20. The Bertz CT molecular complexity index is 959. The zero-order chi connectivity index (χ0) is 18.5.